The molecule has 28 heavy (non-hydrogen) atoms. The molecule has 1 aromatic heterocycles. The van der Waals surface area contributed by atoms with Crippen LogP contribution in [-0.2, 0) is 22.6 Å². The zero-order valence-electron chi connectivity index (χ0n) is 16.5. The Morgan fingerprint density at radius 1 is 1.04 bits per heavy atom. The van der Waals surface area contributed by atoms with Gasteiger partial charge in [-0.15, -0.1) is 0 Å². The molecule has 2 aliphatic rings. The fourth-order valence-corrected chi connectivity index (χ4v) is 3.54. The highest BCUT2D eigenvalue weighted by molar-refractivity contribution is 5.87. The van der Waals surface area contributed by atoms with Crippen LogP contribution in [0.25, 0.3) is 0 Å². The molecule has 0 saturated heterocycles. The Labute approximate surface area is 166 Å². The minimum atomic E-state index is 0.00545. The fourth-order valence-electron chi connectivity index (χ4n) is 3.54. The van der Waals surface area contributed by atoms with Gasteiger partial charge in [0.05, 0.1) is 6.54 Å². The van der Waals surface area contributed by atoms with E-state index in [2.05, 4.69) is 12.1 Å². The Hall–Kier alpha value is -2.56. The Bertz CT molecular complexity index is 821. The van der Waals surface area contributed by atoms with Crippen LogP contribution in [0.5, 0.6) is 0 Å². The van der Waals surface area contributed by atoms with Crippen LogP contribution in [-0.4, -0.2) is 40.7 Å². The Morgan fingerprint density at radius 2 is 1.79 bits per heavy atom. The average Bonchev–Trinajstić information content (AvgIpc) is 3.61. The first-order valence-corrected chi connectivity index (χ1v) is 10.3. The molecule has 4 rings (SSSR count). The number of nitrogens with zero attached hydrogens (tertiary/aromatic N) is 2. The second kappa shape index (κ2) is 8.21. The van der Waals surface area contributed by atoms with Gasteiger partial charge in [-0.3, -0.25) is 9.59 Å². The quantitative estimate of drug-likeness (QED) is 0.668. The van der Waals surface area contributed by atoms with Crippen LogP contribution in [0.3, 0.4) is 0 Å². The van der Waals surface area contributed by atoms with Gasteiger partial charge in [0.2, 0.25) is 11.8 Å². The maximum atomic E-state index is 13.2. The predicted molar refractivity (Wildman–Crippen MR) is 106 cm³/mol. The molecule has 2 aliphatic carbocycles. The van der Waals surface area contributed by atoms with Gasteiger partial charge in [0.25, 0.3) is 0 Å². The largest absolute Gasteiger partial charge is 0.464 e. The summed E-state index contributed by atoms with van der Waals surface area (Å²) in [5.41, 5.74) is 1.20. The van der Waals surface area contributed by atoms with Crippen LogP contribution in [0.4, 0.5) is 0 Å². The summed E-state index contributed by atoms with van der Waals surface area (Å²) < 4.78 is 5.70. The van der Waals surface area contributed by atoms with Crippen LogP contribution in [0, 0.1) is 12.8 Å². The summed E-state index contributed by atoms with van der Waals surface area (Å²) in [5, 5.41) is 0. The van der Waals surface area contributed by atoms with Gasteiger partial charge in [-0.05, 0) is 56.7 Å². The van der Waals surface area contributed by atoms with E-state index in [0.717, 1.165) is 43.6 Å². The summed E-state index contributed by atoms with van der Waals surface area (Å²) in [6, 6.07) is 14.3. The number of aryl methyl sites for hydroxylation is 1. The highest BCUT2D eigenvalue weighted by Crippen LogP contribution is 2.36. The average molecular weight is 380 g/mol. The molecule has 1 heterocycles. The van der Waals surface area contributed by atoms with Crippen LogP contribution in [0.2, 0.25) is 0 Å². The first-order chi connectivity index (χ1) is 13.6. The normalized spacial score (nSPS) is 16.0. The van der Waals surface area contributed by atoms with E-state index in [9.17, 15) is 9.59 Å². The van der Waals surface area contributed by atoms with Crippen molar-refractivity contribution >= 4 is 11.8 Å². The summed E-state index contributed by atoms with van der Waals surface area (Å²) in [6.07, 6.45) is 4.77. The molecular formula is C23H28N2O3. The lowest BCUT2D eigenvalue weighted by atomic mass is 10.1. The number of amides is 2. The number of furan rings is 1. The van der Waals surface area contributed by atoms with Crippen LogP contribution < -0.4 is 0 Å². The lowest BCUT2D eigenvalue weighted by molar-refractivity contribution is -0.142. The Morgan fingerprint density at radius 3 is 2.39 bits per heavy atom. The monoisotopic (exact) mass is 380 g/mol. The summed E-state index contributed by atoms with van der Waals surface area (Å²) in [6.45, 7) is 3.14. The number of hydrogen-bond acceptors (Lipinski definition) is 3. The van der Waals surface area contributed by atoms with Crippen molar-refractivity contribution in [3.8, 4) is 0 Å². The minimum Gasteiger partial charge on any atom is -0.464 e. The molecular weight excluding hydrogens is 352 g/mol. The summed E-state index contributed by atoms with van der Waals surface area (Å²) in [5.74, 6) is 1.96. The van der Waals surface area contributed by atoms with E-state index in [1.54, 1.807) is 0 Å². The summed E-state index contributed by atoms with van der Waals surface area (Å²) in [4.78, 5) is 29.4. The molecule has 2 amide bonds. The lowest BCUT2D eigenvalue weighted by Crippen LogP contribution is -2.44. The molecule has 2 saturated carbocycles. The van der Waals surface area contributed by atoms with E-state index in [1.807, 2.05) is 47.1 Å². The van der Waals surface area contributed by atoms with Crippen molar-refractivity contribution in [2.45, 2.75) is 51.6 Å². The molecule has 0 unspecified atom stereocenters. The van der Waals surface area contributed by atoms with Gasteiger partial charge in [-0.25, -0.2) is 0 Å². The zero-order chi connectivity index (χ0) is 19.5. The molecule has 5 nitrogen and oxygen atoms in total. The van der Waals surface area contributed by atoms with Gasteiger partial charge in [0.1, 0.15) is 18.1 Å². The molecule has 0 atom stereocenters. The van der Waals surface area contributed by atoms with Crippen molar-refractivity contribution < 1.29 is 14.0 Å². The standard InChI is InChI=1S/C23H28N2O3/c1-17-7-12-21(28-17)15-24(14-13-18-5-3-2-4-6-18)22(26)16-25(20-10-11-20)23(27)19-8-9-19/h2-7,12,19-20H,8-11,13-16H2,1H3. The van der Waals surface area contributed by atoms with Crippen LogP contribution in [0.1, 0.15) is 42.8 Å². The predicted octanol–water partition coefficient (Wildman–Crippen LogP) is 3.56. The van der Waals surface area contributed by atoms with Crippen LogP contribution in [0.15, 0.2) is 46.9 Å². The van der Waals surface area contributed by atoms with Crippen molar-refractivity contribution in [2.24, 2.45) is 5.92 Å². The van der Waals surface area contributed by atoms with Gasteiger partial charge in [0.15, 0.2) is 0 Å². The molecule has 0 bridgehead atoms. The van der Waals surface area contributed by atoms with E-state index < -0.39 is 0 Å². The Kier molecular flexibility index (Phi) is 5.51. The highest BCUT2D eigenvalue weighted by Gasteiger charge is 2.41. The molecule has 148 valence electrons. The maximum Gasteiger partial charge on any atom is 0.242 e. The van der Waals surface area contributed by atoms with E-state index in [1.165, 1.54) is 5.56 Å². The third-order valence-corrected chi connectivity index (χ3v) is 5.51. The van der Waals surface area contributed by atoms with Crippen molar-refractivity contribution in [3.63, 3.8) is 0 Å². The molecule has 0 aliphatic heterocycles. The van der Waals surface area contributed by atoms with Crippen molar-refractivity contribution in [3.05, 3.63) is 59.5 Å². The second-order valence-electron chi connectivity index (χ2n) is 8.03. The van der Waals surface area contributed by atoms with E-state index in [-0.39, 0.29) is 30.3 Å². The van der Waals surface area contributed by atoms with Gasteiger partial charge in [-0.2, -0.15) is 0 Å². The first-order valence-electron chi connectivity index (χ1n) is 10.3. The number of benzene rings is 1. The molecule has 0 N–H and O–H groups in total. The SMILES string of the molecule is Cc1ccc(CN(CCc2ccccc2)C(=O)CN(C(=O)C2CC2)C2CC2)o1. The summed E-state index contributed by atoms with van der Waals surface area (Å²) >= 11 is 0. The number of carbonyl (C=O) groups is 2. The molecule has 0 radical (unpaired) electrons. The topological polar surface area (TPSA) is 53.8 Å². The van der Waals surface area contributed by atoms with Gasteiger partial charge >= 0.3 is 0 Å². The minimum absolute atomic E-state index is 0.00545. The molecule has 5 heteroatoms. The van der Waals surface area contributed by atoms with Crippen molar-refractivity contribution in [1.82, 2.24) is 9.80 Å². The Balaban J connectivity index is 1.44. The van der Waals surface area contributed by atoms with Crippen LogP contribution >= 0.6 is 0 Å². The number of hydrogen-bond donors (Lipinski definition) is 0. The third kappa shape index (κ3) is 4.83. The van der Waals surface area contributed by atoms with Gasteiger partial charge in [-0.1, -0.05) is 30.3 Å². The maximum absolute atomic E-state index is 13.2. The van der Waals surface area contributed by atoms with Crippen molar-refractivity contribution in [2.75, 3.05) is 13.1 Å². The molecule has 0 spiro atoms. The second-order valence-corrected chi connectivity index (χ2v) is 8.03. The third-order valence-electron chi connectivity index (χ3n) is 5.51. The smallest absolute Gasteiger partial charge is 0.242 e. The first kappa shape index (κ1) is 18.8. The zero-order valence-corrected chi connectivity index (χ0v) is 16.5. The molecule has 1 aromatic carbocycles. The van der Waals surface area contributed by atoms with E-state index in [4.69, 9.17) is 4.42 Å². The molecule has 2 aromatic rings. The number of carbonyl (C=O) groups excluding carboxylic acids is 2. The highest BCUT2D eigenvalue weighted by atomic mass is 16.3. The molecule has 2 fully saturated rings. The lowest BCUT2D eigenvalue weighted by Gasteiger charge is -2.27. The fraction of sp³-hybridized carbons (Fsp3) is 0.478. The number of rotatable bonds is 9. The van der Waals surface area contributed by atoms with Gasteiger partial charge in [0, 0.05) is 18.5 Å². The van der Waals surface area contributed by atoms with E-state index >= 15 is 0 Å². The van der Waals surface area contributed by atoms with Crippen molar-refractivity contribution in [1.29, 1.82) is 0 Å². The van der Waals surface area contributed by atoms with Gasteiger partial charge < -0.3 is 14.2 Å². The summed E-state index contributed by atoms with van der Waals surface area (Å²) in [7, 11) is 0. The van der Waals surface area contributed by atoms with E-state index in [0.29, 0.717) is 13.1 Å².